The first-order valence-corrected chi connectivity index (χ1v) is 8.25. The summed E-state index contributed by atoms with van der Waals surface area (Å²) in [4.78, 5) is 27.3. The van der Waals surface area contributed by atoms with Gasteiger partial charge in [0.2, 0.25) is 11.8 Å². The minimum absolute atomic E-state index is 0.166. The van der Waals surface area contributed by atoms with Crippen molar-refractivity contribution >= 4 is 23.3 Å². The van der Waals surface area contributed by atoms with Crippen LogP contribution in [0.15, 0.2) is 42.6 Å². The van der Waals surface area contributed by atoms with Crippen LogP contribution in [0.25, 0.3) is 11.1 Å². The van der Waals surface area contributed by atoms with Crippen LogP contribution in [0.2, 0.25) is 0 Å². The van der Waals surface area contributed by atoms with Crippen LogP contribution in [0.3, 0.4) is 0 Å². The van der Waals surface area contributed by atoms with Gasteiger partial charge >= 0.3 is 0 Å². The fraction of sp³-hybridized carbons (Fsp3) is 0.316. The maximum atomic E-state index is 12.1. The fourth-order valence-corrected chi connectivity index (χ4v) is 2.45. The Morgan fingerprint density at radius 3 is 2.36 bits per heavy atom. The van der Waals surface area contributed by atoms with Crippen LogP contribution in [0.5, 0.6) is 0 Å². The van der Waals surface area contributed by atoms with Crippen LogP contribution in [-0.4, -0.2) is 22.8 Å². The van der Waals surface area contributed by atoms with Crippen LogP contribution in [0, 0.1) is 5.92 Å². The van der Waals surface area contributed by atoms with Crippen molar-refractivity contribution in [1.82, 2.24) is 4.98 Å². The molecule has 0 fully saturated rings. The highest BCUT2D eigenvalue weighted by atomic mass is 16.2. The third-order valence-electron chi connectivity index (χ3n) is 3.61. The van der Waals surface area contributed by atoms with Crippen molar-refractivity contribution in [2.45, 2.75) is 33.2 Å². The molecule has 6 heteroatoms. The summed E-state index contributed by atoms with van der Waals surface area (Å²) in [6.07, 6.45) is 2.29. The summed E-state index contributed by atoms with van der Waals surface area (Å²) in [5, 5.41) is 5.49. The molecule has 1 aromatic carbocycles. The van der Waals surface area contributed by atoms with Gasteiger partial charge in [0, 0.05) is 18.8 Å². The van der Waals surface area contributed by atoms with Gasteiger partial charge in [-0.2, -0.15) is 0 Å². The maximum Gasteiger partial charge on any atom is 0.241 e. The summed E-state index contributed by atoms with van der Waals surface area (Å²) >= 11 is 0. The van der Waals surface area contributed by atoms with Crippen LogP contribution in [0.1, 0.15) is 27.2 Å². The van der Waals surface area contributed by atoms with Gasteiger partial charge in [0.15, 0.2) is 0 Å². The lowest BCUT2D eigenvalue weighted by Crippen LogP contribution is -2.36. The van der Waals surface area contributed by atoms with E-state index in [1.54, 1.807) is 12.3 Å². The second-order valence-corrected chi connectivity index (χ2v) is 6.41. The molecule has 2 aromatic rings. The number of hydrogen-bond donors (Lipinski definition) is 3. The van der Waals surface area contributed by atoms with Gasteiger partial charge in [0.25, 0.3) is 0 Å². The second kappa shape index (κ2) is 8.39. The zero-order valence-corrected chi connectivity index (χ0v) is 14.7. The zero-order chi connectivity index (χ0) is 18.4. The molecular weight excluding hydrogens is 316 g/mol. The Bertz CT molecular complexity index is 741. The Morgan fingerprint density at radius 1 is 1.08 bits per heavy atom. The smallest absolute Gasteiger partial charge is 0.241 e. The van der Waals surface area contributed by atoms with Crippen LogP contribution in [0.4, 0.5) is 11.5 Å². The monoisotopic (exact) mass is 340 g/mol. The molecular formula is C19H24N4O2. The van der Waals surface area contributed by atoms with E-state index in [-0.39, 0.29) is 11.8 Å². The van der Waals surface area contributed by atoms with Crippen molar-refractivity contribution in [3.05, 3.63) is 42.6 Å². The maximum absolute atomic E-state index is 12.1. The highest BCUT2D eigenvalue weighted by Crippen LogP contribution is 2.23. The number of hydrogen-bond acceptors (Lipinski definition) is 4. The van der Waals surface area contributed by atoms with Crippen molar-refractivity contribution in [2.24, 2.45) is 11.7 Å². The van der Waals surface area contributed by atoms with E-state index >= 15 is 0 Å². The molecule has 0 aliphatic rings. The molecule has 0 spiro atoms. The average Bonchev–Trinajstić information content (AvgIpc) is 2.54. The minimum atomic E-state index is -0.514. The Balaban J connectivity index is 2.07. The van der Waals surface area contributed by atoms with Crippen molar-refractivity contribution < 1.29 is 9.59 Å². The number of anilines is 2. The molecule has 1 heterocycles. The van der Waals surface area contributed by atoms with E-state index in [9.17, 15) is 9.59 Å². The predicted molar refractivity (Wildman–Crippen MR) is 100 cm³/mol. The highest BCUT2D eigenvalue weighted by Gasteiger charge is 2.15. The molecule has 0 aliphatic carbocycles. The van der Waals surface area contributed by atoms with Gasteiger partial charge < -0.3 is 16.4 Å². The molecule has 6 nitrogen and oxygen atoms in total. The van der Waals surface area contributed by atoms with Gasteiger partial charge in [0.1, 0.15) is 5.82 Å². The predicted octanol–water partition coefficient (Wildman–Crippen LogP) is 3.02. The molecule has 0 saturated carbocycles. The van der Waals surface area contributed by atoms with E-state index < -0.39 is 6.04 Å². The lowest BCUT2D eigenvalue weighted by molar-refractivity contribution is -0.117. The first-order valence-electron chi connectivity index (χ1n) is 8.25. The van der Waals surface area contributed by atoms with Crippen molar-refractivity contribution in [3.63, 3.8) is 0 Å². The van der Waals surface area contributed by atoms with E-state index in [4.69, 9.17) is 5.73 Å². The molecule has 25 heavy (non-hydrogen) atoms. The summed E-state index contributed by atoms with van der Waals surface area (Å²) in [7, 11) is 0. The fourth-order valence-electron chi connectivity index (χ4n) is 2.45. The summed E-state index contributed by atoms with van der Waals surface area (Å²) in [5.74, 6) is 0.522. The number of pyridine rings is 1. The van der Waals surface area contributed by atoms with E-state index in [0.29, 0.717) is 23.8 Å². The largest absolute Gasteiger partial charge is 0.325 e. The molecule has 2 rings (SSSR count). The Labute approximate surface area is 147 Å². The lowest BCUT2D eigenvalue weighted by Gasteiger charge is -2.14. The normalized spacial score (nSPS) is 11.9. The molecule has 0 saturated heterocycles. The van der Waals surface area contributed by atoms with Crippen LogP contribution >= 0.6 is 0 Å². The summed E-state index contributed by atoms with van der Waals surface area (Å²) < 4.78 is 0. The Morgan fingerprint density at radius 2 is 1.76 bits per heavy atom. The summed E-state index contributed by atoms with van der Waals surface area (Å²) in [5.41, 5.74) is 8.47. The SMILES string of the molecule is CC(=O)Nc1cc(-c2ccc(NC(=O)C(N)CC(C)C)cc2)ccn1. The molecule has 2 amide bonds. The van der Waals surface area contributed by atoms with Gasteiger partial charge in [-0.15, -0.1) is 0 Å². The van der Waals surface area contributed by atoms with Crippen LogP contribution < -0.4 is 16.4 Å². The molecule has 0 bridgehead atoms. The summed E-state index contributed by atoms with van der Waals surface area (Å²) in [6, 6.07) is 10.6. The number of aromatic nitrogens is 1. The van der Waals surface area contributed by atoms with Gasteiger partial charge in [0.05, 0.1) is 6.04 Å². The highest BCUT2D eigenvalue weighted by molar-refractivity contribution is 5.95. The third-order valence-corrected chi connectivity index (χ3v) is 3.61. The molecule has 1 unspecified atom stereocenters. The first kappa shape index (κ1) is 18.6. The number of amides is 2. The van der Waals surface area contributed by atoms with Gasteiger partial charge in [-0.25, -0.2) is 4.98 Å². The van der Waals surface area contributed by atoms with Gasteiger partial charge in [-0.05, 0) is 47.7 Å². The number of carbonyl (C=O) groups excluding carboxylic acids is 2. The van der Waals surface area contributed by atoms with Crippen LogP contribution in [-0.2, 0) is 9.59 Å². The molecule has 1 atom stereocenters. The third kappa shape index (κ3) is 5.69. The second-order valence-electron chi connectivity index (χ2n) is 6.41. The number of benzene rings is 1. The minimum Gasteiger partial charge on any atom is -0.325 e. The van der Waals surface area contributed by atoms with E-state index in [2.05, 4.69) is 15.6 Å². The number of nitrogens with two attached hydrogens (primary N) is 1. The molecule has 4 N–H and O–H groups in total. The zero-order valence-electron chi connectivity index (χ0n) is 14.7. The molecule has 0 radical (unpaired) electrons. The topological polar surface area (TPSA) is 97.1 Å². The first-order chi connectivity index (χ1) is 11.8. The number of rotatable bonds is 6. The van der Waals surface area contributed by atoms with Gasteiger partial charge in [-0.1, -0.05) is 26.0 Å². The van der Waals surface area contributed by atoms with E-state index in [0.717, 1.165) is 11.1 Å². The quantitative estimate of drug-likeness (QED) is 0.753. The average molecular weight is 340 g/mol. The lowest BCUT2D eigenvalue weighted by atomic mass is 10.0. The molecule has 132 valence electrons. The number of carbonyl (C=O) groups is 2. The van der Waals surface area contributed by atoms with E-state index in [1.807, 2.05) is 44.2 Å². The van der Waals surface area contributed by atoms with Crippen molar-refractivity contribution in [1.29, 1.82) is 0 Å². The van der Waals surface area contributed by atoms with Crippen molar-refractivity contribution in [3.8, 4) is 11.1 Å². The van der Waals surface area contributed by atoms with Crippen molar-refractivity contribution in [2.75, 3.05) is 10.6 Å². The Hall–Kier alpha value is -2.73. The number of nitrogens with one attached hydrogen (secondary N) is 2. The van der Waals surface area contributed by atoms with E-state index in [1.165, 1.54) is 6.92 Å². The molecule has 0 aliphatic heterocycles. The standard InChI is InChI=1S/C19H24N4O2/c1-12(2)10-17(20)19(25)23-16-6-4-14(5-7-16)15-8-9-21-18(11-15)22-13(3)24/h4-9,11-12,17H,10,20H2,1-3H3,(H,23,25)(H,21,22,24). The Kier molecular flexibility index (Phi) is 6.25. The molecule has 1 aromatic heterocycles. The van der Waals surface area contributed by atoms with Gasteiger partial charge in [-0.3, -0.25) is 9.59 Å². The number of nitrogens with zero attached hydrogens (tertiary/aromatic N) is 1. The summed E-state index contributed by atoms with van der Waals surface area (Å²) in [6.45, 7) is 5.51.